The zero-order valence-electron chi connectivity index (χ0n) is 12.8. The number of aryl methyl sites for hydroxylation is 2. The van der Waals surface area contributed by atoms with Crippen LogP contribution in [0.1, 0.15) is 35.6 Å². The summed E-state index contributed by atoms with van der Waals surface area (Å²) in [5.74, 6) is 0.669. The minimum atomic E-state index is -0.0665. The molecule has 0 aromatic heterocycles. The molecule has 0 heterocycles. The number of nitrogens with one attached hydrogen (secondary N) is 1. The quantitative estimate of drug-likeness (QED) is 0.936. The fourth-order valence-electron chi connectivity index (χ4n) is 2.99. The van der Waals surface area contributed by atoms with Crippen LogP contribution in [-0.4, -0.2) is 12.5 Å². The number of hydrogen-bond acceptors (Lipinski definition) is 2. The minimum Gasteiger partial charge on any atom is -0.484 e. The number of carbonyl (C=O) groups excluding carboxylic acids is 1. The van der Waals surface area contributed by atoms with Crippen molar-refractivity contribution in [3.8, 4) is 5.75 Å². The molecule has 0 bridgehead atoms. The largest absolute Gasteiger partial charge is 0.484 e. The van der Waals surface area contributed by atoms with Crippen molar-refractivity contribution in [2.24, 2.45) is 0 Å². The zero-order chi connectivity index (χ0) is 15.4. The highest BCUT2D eigenvalue weighted by Gasteiger charge is 2.21. The number of carbonyl (C=O) groups is 1. The molecule has 3 heteroatoms. The van der Waals surface area contributed by atoms with Crippen LogP contribution in [0.3, 0.4) is 0 Å². The summed E-state index contributed by atoms with van der Waals surface area (Å²) in [6, 6.07) is 16.2. The van der Waals surface area contributed by atoms with E-state index in [9.17, 15) is 4.79 Å². The van der Waals surface area contributed by atoms with Crippen LogP contribution in [0.2, 0.25) is 0 Å². The molecule has 0 saturated heterocycles. The molecule has 114 valence electrons. The van der Waals surface area contributed by atoms with E-state index in [0.717, 1.165) is 30.6 Å². The van der Waals surface area contributed by atoms with E-state index >= 15 is 0 Å². The summed E-state index contributed by atoms with van der Waals surface area (Å²) in [6.07, 6.45) is 3.20. The Labute approximate surface area is 131 Å². The molecule has 0 saturated carbocycles. The van der Waals surface area contributed by atoms with Crippen LogP contribution in [0.25, 0.3) is 0 Å². The van der Waals surface area contributed by atoms with E-state index in [1.54, 1.807) is 0 Å². The van der Waals surface area contributed by atoms with Gasteiger partial charge in [-0.05, 0) is 55.0 Å². The molecule has 1 aliphatic carbocycles. The molecule has 0 fully saturated rings. The minimum absolute atomic E-state index is 0.0577. The number of fused-ring (bicyclic) bond motifs is 1. The van der Waals surface area contributed by atoms with Crippen LogP contribution in [0, 0.1) is 6.92 Å². The fraction of sp³-hybridized carbons (Fsp3) is 0.316. The normalized spacial score (nSPS) is 16.7. The Morgan fingerprint density at radius 2 is 2.09 bits per heavy atom. The molecule has 22 heavy (non-hydrogen) atoms. The second kappa shape index (κ2) is 6.65. The Hall–Kier alpha value is -2.29. The number of amides is 1. The average molecular weight is 295 g/mol. The summed E-state index contributed by atoms with van der Waals surface area (Å²) >= 11 is 0. The summed E-state index contributed by atoms with van der Waals surface area (Å²) in [4.78, 5) is 12.1. The molecule has 0 unspecified atom stereocenters. The summed E-state index contributed by atoms with van der Waals surface area (Å²) in [7, 11) is 0. The number of benzene rings is 2. The molecule has 3 nitrogen and oxygen atoms in total. The summed E-state index contributed by atoms with van der Waals surface area (Å²) in [5.41, 5.74) is 3.72. The van der Waals surface area contributed by atoms with Gasteiger partial charge in [-0.25, -0.2) is 0 Å². The predicted octanol–water partition coefficient (Wildman–Crippen LogP) is 3.57. The molecule has 0 radical (unpaired) electrons. The van der Waals surface area contributed by atoms with Crippen LogP contribution < -0.4 is 10.1 Å². The van der Waals surface area contributed by atoms with Gasteiger partial charge in [0.05, 0.1) is 6.04 Å². The van der Waals surface area contributed by atoms with Gasteiger partial charge >= 0.3 is 0 Å². The van der Waals surface area contributed by atoms with E-state index in [4.69, 9.17) is 4.74 Å². The summed E-state index contributed by atoms with van der Waals surface area (Å²) in [5, 5.41) is 3.10. The van der Waals surface area contributed by atoms with Gasteiger partial charge in [-0.2, -0.15) is 0 Å². The molecule has 3 rings (SSSR count). The van der Waals surface area contributed by atoms with Crippen molar-refractivity contribution in [2.75, 3.05) is 6.61 Å². The van der Waals surface area contributed by atoms with Gasteiger partial charge in [0.15, 0.2) is 6.61 Å². The Morgan fingerprint density at radius 1 is 1.23 bits per heavy atom. The van der Waals surface area contributed by atoms with Crippen molar-refractivity contribution in [1.29, 1.82) is 0 Å². The van der Waals surface area contributed by atoms with Gasteiger partial charge in [0.1, 0.15) is 5.75 Å². The van der Waals surface area contributed by atoms with Gasteiger partial charge in [0.25, 0.3) is 5.91 Å². The van der Waals surface area contributed by atoms with Gasteiger partial charge in [-0.3, -0.25) is 4.79 Å². The zero-order valence-corrected chi connectivity index (χ0v) is 12.8. The van der Waals surface area contributed by atoms with Crippen LogP contribution in [0.5, 0.6) is 5.75 Å². The molecular weight excluding hydrogens is 274 g/mol. The standard InChI is InChI=1S/C19H21NO2/c1-14-6-4-9-16(12-14)22-13-19(21)20-18-11-5-8-15-7-2-3-10-17(15)18/h2-4,6-7,9-10,12,18H,5,8,11,13H2,1H3,(H,20,21)/t18-/m0/s1. The van der Waals surface area contributed by atoms with Crippen molar-refractivity contribution in [3.63, 3.8) is 0 Å². The van der Waals surface area contributed by atoms with Crippen molar-refractivity contribution in [2.45, 2.75) is 32.2 Å². The lowest BCUT2D eigenvalue weighted by atomic mass is 9.88. The highest BCUT2D eigenvalue weighted by Crippen LogP contribution is 2.29. The van der Waals surface area contributed by atoms with E-state index in [2.05, 4.69) is 23.5 Å². The third-order valence-electron chi connectivity index (χ3n) is 4.06. The SMILES string of the molecule is Cc1cccc(OCC(=O)N[C@H]2CCCc3ccccc32)c1. The van der Waals surface area contributed by atoms with E-state index in [-0.39, 0.29) is 18.6 Å². The highest BCUT2D eigenvalue weighted by atomic mass is 16.5. The van der Waals surface area contributed by atoms with E-state index in [1.807, 2.05) is 37.3 Å². The molecule has 1 atom stereocenters. The first-order valence-electron chi connectivity index (χ1n) is 7.79. The van der Waals surface area contributed by atoms with E-state index in [0.29, 0.717) is 0 Å². The monoisotopic (exact) mass is 295 g/mol. The molecule has 1 amide bonds. The third-order valence-corrected chi connectivity index (χ3v) is 4.06. The summed E-state index contributed by atoms with van der Waals surface area (Å²) in [6.45, 7) is 2.06. The maximum Gasteiger partial charge on any atom is 0.258 e. The Bertz CT molecular complexity index is 666. The van der Waals surface area contributed by atoms with E-state index < -0.39 is 0 Å². The first-order chi connectivity index (χ1) is 10.7. The Kier molecular flexibility index (Phi) is 4.42. The smallest absolute Gasteiger partial charge is 0.258 e. The fourth-order valence-corrected chi connectivity index (χ4v) is 2.99. The van der Waals surface area contributed by atoms with Crippen LogP contribution in [-0.2, 0) is 11.2 Å². The van der Waals surface area contributed by atoms with Crippen molar-refractivity contribution >= 4 is 5.91 Å². The van der Waals surface area contributed by atoms with Crippen LogP contribution in [0.4, 0.5) is 0 Å². The van der Waals surface area contributed by atoms with Gasteiger partial charge < -0.3 is 10.1 Å². The number of ether oxygens (including phenoxy) is 1. The highest BCUT2D eigenvalue weighted by molar-refractivity contribution is 5.78. The maximum absolute atomic E-state index is 12.1. The third kappa shape index (κ3) is 3.48. The summed E-state index contributed by atoms with van der Waals surface area (Å²) < 4.78 is 5.57. The first-order valence-corrected chi connectivity index (χ1v) is 7.79. The second-order valence-corrected chi connectivity index (χ2v) is 5.82. The van der Waals surface area contributed by atoms with Crippen molar-refractivity contribution in [3.05, 3.63) is 65.2 Å². The molecule has 1 aliphatic rings. The maximum atomic E-state index is 12.1. The van der Waals surface area contributed by atoms with Crippen molar-refractivity contribution < 1.29 is 9.53 Å². The number of rotatable bonds is 4. The molecule has 0 aliphatic heterocycles. The number of hydrogen-bond donors (Lipinski definition) is 1. The average Bonchev–Trinajstić information content (AvgIpc) is 2.53. The molecule has 2 aromatic rings. The molecular formula is C19H21NO2. The lowest BCUT2D eigenvalue weighted by Crippen LogP contribution is -2.34. The van der Waals surface area contributed by atoms with Gasteiger partial charge in [0.2, 0.25) is 0 Å². The van der Waals surface area contributed by atoms with Crippen LogP contribution >= 0.6 is 0 Å². The Balaban J connectivity index is 1.59. The van der Waals surface area contributed by atoms with Gasteiger partial charge in [-0.15, -0.1) is 0 Å². The molecule has 0 spiro atoms. The van der Waals surface area contributed by atoms with Gasteiger partial charge in [-0.1, -0.05) is 36.4 Å². The Morgan fingerprint density at radius 3 is 2.95 bits per heavy atom. The lowest BCUT2D eigenvalue weighted by molar-refractivity contribution is -0.123. The van der Waals surface area contributed by atoms with Crippen LogP contribution in [0.15, 0.2) is 48.5 Å². The first kappa shape index (κ1) is 14.6. The molecule has 1 N–H and O–H groups in total. The molecule has 2 aromatic carbocycles. The predicted molar refractivity (Wildman–Crippen MR) is 86.9 cm³/mol. The topological polar surface area (TPSA) is 38.3 Å². The van der Waals surface area contributed by atoms with E-state index in [1.165, 1.54) is 11.1 Å². The lowest BCUT2D eigenvalue weighted by Gasteiger charge is -2.26. The van der Waals surface area contributed by atoms with Crippen molar-refractivity contribution in [1.82, 2.24) is 5.32 Å². The van der Waals surface area contributed by atoms with Gasteiger partial charge in [0, 0.05) is 0 Å². The second-order valence-electron chi connectivity index (χ2n) is 5.82.